The smallest absolute Gasteiger partial charge is 0.191 e. The second-order valence-corrected chi connectivity index (χ2v) is 6.56. The monoisotopic (exact) mass is 264 g/mol. The molecule has 3 rings (SSSR count). The molecule has 2 saturated carbocycles. The zero-order chi connectivity index (χ0) is 13.2. The maximum Gasteiger partial charge on any atom is 0.191 e. The van der Waals surface area contributed by atoms with Gasteiger partial charge in [-0.15, -0.1) is 0 Å². The molecule has 0 bridgehead atoms. The van der Waals surface area contributed by atoms with Gasteiger partial charge in [-0.2, -0.15) is 0 Å². The fourth-order valence-electron chi connectivity index (χ4n) is 3.02. The Morgan fingerprint density at radius 1 is 1.32 bits per heavy atom. The molecule has 0 aromatic rings. The SMILES string of the molecule is CCNC(=NCC1CCN(C2CC2)C1)NC1CC1C. The Bertz CT molecular complexity index is 337. The zero-order valence-corrected chi connectivity index (χ0v) is 12.4. The highest BCUT2D eigenvalue weighted by Gasteiger charge is 2.35. The van der Waals surface area contributed by atoms with Crippen molar-refractivity contribution in [1.82, 2.24) is 15.5 Å². The van der Waals surface area contributed by atoms with Crippen LogP contribution >= 0.6 is 0 Å². The molecule has 2 N–H and O–H groups in total. The van der Waals surface area contributed by atoms with Crippen LogP contribution in [0.3, 0.4) is 0 Å². The van der Waals surface area contributed by atoms with E-state index in [9.17, 15) is 0 Å². The molecule has 1 aliphatic heterocycles. The number of likely N-dealkylation sites (tertiary alicyclic amines) is 1. The predicted octanol–water partition coefficient (Wildman–Crippen LogP) is 1.43. The summed E-state index contributed by atoms with van der Waals surface area (Å²) in [5.74, 6) is 2.62. The van der Waals surface area contributed by atoms with Gasteiger partial charge in [0.25, 0.3) is 0 Å². The van der Waals surface area contributed by atoms with Gasteiger partial charge < -0.3 is 15.5 Å². The number of rotatable bonds is 5. The van der Waals surface area contributed by atoms with Gasteiger partial charge >= 0.3 is 0 Å². The molecule has 1 saturated heterocycles. The summed E-state index contributed by atoms with van der Waals surface area (Å²) in [5.41, 5.74) is 0. The van der Waals surface area contributed by atoms with Crippen molar-refractivity contribution in [3.8, 4) is 0 Å². The Hall–Kier alpha value is -0.770. The third kappa shape index (κ3) is 3.62. The van der Waals surface area contributed by atoms with Gasteiger partial charge in [-0.3, -0.25) is 4.99 Å². The highest BCUT2D eigenvalue weighted by atomic mass is 15.2. The summed E-state index contributed by atoms with van der Waals surface area (Å²) in [6, 6.07) is 1.58. The normalized spacial score (nSPS) is 35.5. The van der Waals surface area contributed by atoms with Crippen molar-refractivity contribution in [2.24, 2.45) is 16.8 Å². The van der Waals surface area contributed by atoms with Gasteiger partial charge in [-0.1, -0.05) is 6.92 Å². The molecule has 3 unspecified atom stereocenters. The van der Waals surface area contributed by atoms with E-state index in [0.29, 0.717) is 6.04 Å². The summed E-state index contributed by atoms with van der Waals surface area (Å²) in [5, 5.41) is 6.91. The molecule has 0 spiro atoms. The van der Waals surface area contributed by atoms with E-state index in [1.54, 1.807) is 0 Å². The van der Waals surface area contributed by atoms with E-state index in [4.69, 9.17) is 4.99 Å². The summed E-state index contributed by atoms with van der Waals surface area (Å²) in [7, 11) is 0. The number of hydrogen-bond donors (Lipinski definition) is 2. The maximum absolute atomic E-state index is 4.79. The molecule has 2 aliphatic carbocycles. The Morgan fingerprint density at radius 2 is 2.11 bits per heavy atom. The standard InChI is InChI=1S/C15H28N4/c1-3-16-15(18-14-8-11(14)2)17-9-12-6-7-19(10-12)13-4-5-13/h11-14H,3-10H2,1-2H3,(H2,16,17,18). The molecule has 0 radical (unpaired) electrons. The average Bonchev–Trinajstić information content (AvgIpc) is 3.30. The van der Waals surface area contributed by atoms with E-state index < -0.39 is 0 Å². The first-order valence-electron chi connectivity index (χ1n) is 8.05. The van der Waals surface area contributed by atoms with E-state index in [1.807, 2.05) is 0 Å². The van der Waals surface area contributed by atoms with Crippen LogP contribution in [-0.2, 0) is 0 Å². The minimum absolute atomic E-state index is 0.657. The van der Waals surface area contributed by atoms with E-state index >= 15 is 0 Å². The van der Waals surface area contributed by atoms with Crippen LogP contribution in [0.2, 0.25) is 0 Å². The van der Waals surface area contributed by atoms with Crippen molar-refractivity contribution >= 4 is 5.96 Å². The van der Waals surface area contributed by atoms with Crippen LogP contribution in [0, 0.1) is 11.8 Å². The number of nitrogens with one attached hydrogen (secondary N) is 2. The average molecular weight is 264 g/mol. The first kappa shape index (κ1) is 13.2. The predicted molar refractivity (Wildman–Crippen MR) is 79.4 cm³/mol. The largest absolute Gasteiger partial charge is 0.357 e. The molecule has 19 heavy (non-hydrogen) atoms. The molecular weight excluding hydrogens is 236 g/mol. The first-order valence-corrected chi connectivity index (χ1v) is 8.05. The summed E-state index contributed by atoms with van der Waals surface area (Å²) in [6.45, 7) is 8.94. The molecule has 0 aromatic carbocycles. The van der Waals surface area contributed by atoms with Gasteiger partial charge in [0.2, 0.25) is 0 Å². The number of guanidine groups is 1. The van der Waals surface area contributed by atoms with Gasteiger partial charge in [0.05, 0.1) is 0 Å². The van der Waals surface area contributed by atoms with Crippen LogP contribution in [0.1, 0.15) is 39.5 Å². The van der Waals surface area contributed by atoms with Gasteiger partial charge in [0, 0.05) is 31.7 Å². The zero-order valence-electron chi connectivity index (χ0n) is 12.4. The minimum atomic E-state index is 0.657. The Kier molecular flexibility index (Phi) is 3.96. The second-order valence-electron chi connectivity index (χ2n) is 6.56. The highest BCUT2D eigenvalue weighted by Crippen LogP contribution is 2.32. The lowest BCUT2D eigenvalue weighted by Gasteiger charge is -2.15. The Balaban J connectivity index is 1.45. The summed E-state index contributed by atoms with van der Waals surface area (Å²) >= 11 is 0. The molecule has 4 nitrogen and oxygen atoms in total. The summed E-state index contributed by atoms with van der Waals surface area (Å²) in [4.78, 5) is 7.46. The second kappa shape index (κ2) is 5.70. The minimum Gasteiger partial charge on any atom is -0.357 e. The quantitative estimate of drug-likeness (QED) is 0.583. The lowest BCUT2D eigenvalue weighted by molar-refractivity contribution is 0.315. The first-order chi connectivity index (χ1) is 9.26. The van der Waals surface area contributed by atoms with Crippen LogP contribution in [0.5, 0.6) is 0 Å². The van der Waals surface area contributed by atoms with Crippen molar-refractivity contribution in [2.45, 2.75) is 51.6 Å². The molecule has 0 aromatic heterocycles. The Morgan fingerprint density at radius 3 is 2.74 bits per heavy atom. The van der Waals surface area contributed by atoms with Crippen molar-refractivity contribution in [3.63, 3.8) is 0 Å². The third-order valence-electron chi connectivity index (χ3n) is 4.66. The third-order valence-corrected chi connectivity index (χ3v) is 4.66. The molecule has 3 fully saturated rings. The van der Waals surface area contributed by atoms with Crippen LogP contribution in [0.25, 0.3) is 0 Å². The van der Waals surface area contributed by atoms with Crippen molar-refractivity contribution < 1.29 is 0 Å². The lowest BCUT2D eigenvalue weighted by Crippen LogP contribution is -2.39. The van der Waals surface area contributed by atoms with E-state index in [2.05, 4.69) is 29.4 Å². The number of aliphatic imine (C=N–C) groups is 1. The fourth-order valence-corrected chi connectivity index (χ4v) is 3.02. The van der Waals surface area contributed by atoms with Gasteiger partial charge in [-0.25, -0.2) is 0 Å². The van der Waals surface area contributed by atoms with Crippen LogP contribution in [-0.4, -0.2) is 49.1 Å². The topological polar surface area (TPSA) is 39.7 Å². The highest BCUT2D eigenvalue weighted by molar-refractivity contribution is 5.80. The number of nitrogens with zero attached hydrogens (tertiary/aromatic N) is 2. The van der Waals surface area contributed by atoms with Crippen molar-refractivity contribution in [3.05, 3.63) is 0 Å². The number of hydrogen-bond acceptors (Lipinski definition) is 2. The van der Waals surface area contributed by atoms with Gasteiger partial charge in [0.15, 0.2) is 5.96 Å². The lowest BCUT2D eigenvalue weighted by atomic mass is 10.1. The summed E-state index contributed by atoms with van der Waals surface area (Å²) < 4.78 is 0. The van der Waals surface area contributed by atoms with E-state index in [-0.39, 0.29) is 0 Å². The van der Waals surface area contributed by atoms with Crippen LogP contribution < -0.4 is 10.6 Å². The molecule has 4 heteroatoms. The van der Waals surface area contributed by atoms with Gasteiger partial charge in [0.1, 0.15) is 0 Å². The molecule has 1 heterocycles. The van der Waals surface area contributed by atoms with Crippen molar-refractivity contribution in [2.75, 3.05) is 26.2 Å². The van der Waals surface area contributed by atoms with Crippen LogP contribution in [0.15, 0.2) is 4.99 Å². The molecule has 0 amide bonds. The van der Waals surface area contributed by atoms with E-state index in [1.165, 1.54) is 38.8 Å². The van der Waals surface area contributed by atoms with Crippen molar-refractivity contribution in [1.29, 1.82) is 0 Å². The molecular formula is C15H28N4. The molecule has 3 aliphatic rings. The van der Waals surface area contributed by atoms with E-state index in [0.717, 1.165) is 36.9 Å². The molecule has 108 valence electrons. The summed E-state index contributed by atoms with van der Waals surface area (Å²) in [6.07, 6.45) is 5.49. The molecule has 3 atom stereocenters. The Labute approximate surface area is 117 Å². The fraction of sp³-hybridized carbons (Fsp3) is 0.933. The van der Waals surface area contributed by atoms with Gasteiger partial charge in [-0.05, 0) is 51.0 Å². The maximum atomic E-state index is 4.79. The van der Waals surface area contributed by atoms with Crippen LogP contribution in [0.4, 0.5) is 0 Å².